The van der Waals surface area contributed by atoms with Crippen molar-refractivity contribution in [3.05, 3.63) is 126 Å². The normalized spacial score (nSPS) is 10.8. The van der Waals surface area contributed by atoms with Gasteiger partial charge in [-0.2, -0.15) is 20.1 Å². The summed E-state index contributed by atoms with van der Waals surface area (Å²) in [5, 5.41) is 10.7. The topological polar surface area (TPSA) is 96.4 Å². The lowest BCUT2D eigenvalue weighted by Gasteiger charge is -2.11. The molecule has 188 valence electrons. The van der Waals surface area contributed by atoms with E-state index in [9.17, 15) is 4.39 Å². The van der Waals surface area contributed by atoms with Crippen LogP contribution in [-0.4, -0.2) is 21.2 Å². The molecule has 5 rings (SSSR count). The first-order valence-corrected chi connectivity index (χ1v) is 11.9. The molecular weight excluding hydrogens is 481 g/mol. The van der Waals surface area contributed by atoms with Gasteiger partial charge in [-0.25, -0.2) is 9.82 Å². The minimum absolute atomic E-state index is 0.0987. The molecule has 0 aliphatic rings. The van der Waals surface area contributed by atoms with E-state index in [-0.39, 0.29) is 18.4 Å². The Morgan fingerprint density at radius 1 is 0.658 bits per heavy atom. The maximum Gasteiger partial charge on any atom is 0.250 e. The van der Waals surface area contributed by atoms with Crippen LogP contribution in [0.5, 0.6) is 5.75 Å². The van der Waals surface area contributed by atoms with E-state index < -0.39 is 0 Å². The summed E-state index contributed by atoms with van der Waals surface area (Å²) in [5.74, 6) is 1.18. The Bertz CT molecular complexity index is 1450. The molecule has 3 N–H and O–H groups in total. The number of hydrogen-bond donors (Lipinski definition) is 3. The van der Waals surface area contributed by atoms with E-state index in [1.165, 1.54) is 6.07 Å². The molecule has 1 heterocycles. The highest BCUT2D eigenvalue weighted by Crippen LogP contribution is 2.20. The molecule has 0 fully saturated rings. The van der Waals surface area contributed by atoms with Crippen molar-refractivity contribution in [3.8, 4) is 5.75 Å². The summed E-state index contributed by atoms with van der Waals surface area (Å²) in [7, 11) is 0. The highest BCUT2D eigenvalue weighted by Gasteiger charge is 2.08. The van der Waals surface area contributed by atoms with Gasteiger partial charge in [0, 0.05) is 22.5 Å². The van der Waals surface area contributed by atoms with Crippen LogP contribution in [0.3, 0.4) is 0 Å². The third-order valence-corrected chi connectivity index (χ3v) is 5.32. The number of hydrogen-bond acceptors (Lipinski definition) is 8. The molecule has 0 amide bonds. The van der Waals surface area contributed by atoms with Gasteiger partial charge in [-0.3, -0.25) is 0 Å². The van der Waals surface area contributed by atoms with E-state index in [2.05, 4.69) is 36.1 Å². The molecule has 0 atom stereocenters. The molecule has 0 radical (unpaired) electrons. The van der Waals surface area contributed by atoms with E-state index in [1.807, 2.05) is 78.9 Å². The number of aromatic nitrogens is 3. The van der Waals surface area contributed by atoms with Crippen molar-refractivity contribution in [3.63, 3.8) is 0 Å². The molecule has 5 aromatic rings. The molecule has 0 aliphatic carbocycles. The third-order valence-electron chi connectivity index (χ3n) is 5.32. The predicted molar refractivity (Wildman–Crippen MR) is 148 cm³/mol. The van der Waals surface area contributed by atoms with Crippen LogP contribution in [0.4, 0.5) is 33.6 Å². The Morgan fingerprint density at radius 3 is 1.87 bits per heavy atom. The van der Waals surface area contributed by atoms with Crippen molar-refractivity contribution in [2.75, 3.05) is 16.1 Å². The standard InChI is InChI=1S/C29H24FN7O/c30-25-17-9-7-12-22(25)20-38-26-18-10-8-11-21(26)19-31-37-29-35-27(32-23-13-3-1-4-14-23)34-28(36-29)33-24-15-5-2-6-16-24/h1-19H,20H2,(H3,32,33,34,35,36,37)/b31-19+. The summed E-state index contributed by atoms with van der Waals surface area (Å²) in [5.41, 5.74) is 5.71. The molecule has 38 heavy (non-hydrogen) atoms. The zero-order valence-corrected chi connectivity index (χ0v) is 20.3. The van der Waals surface area contributed by atoms with Crippen molar-refractivity contribution in [1.29, 1.82) is 0 Å². The Hall–Kier alpha value is -5.31. The second-order valence-corrected chi connectivity index (χ2v) is 8.08. The summed E-state index contributed by atoms with van der Waals surface area (Å²) in [6.07, 6.45) is 1.59. The maximum absolute atomic E-state index is 14.0. The summed E-state index contributed by atoms with van der Waals surface area (Å²) in [4.78, 5) is 13.4. The first kappa shape index (κ1) is 24.4. The zero-order valence-electron chi connectivity index (χ0n) is 20.3. The van der Waals surface area contributed by atoms with Gasteiger partial charge in [0.15, 0.2) is 0 Å². The average Bonchev–Trinajstić information content (AvgIpc) is 2.94. The number of halogens is 1. The van der Waals surface area contributed by atoms with Gasteiger partial charge in [0.25, 0.3) is 0 Å². The quantitative estimate of drug-likeness (QED) is 0.147. The predicted octanol–water partition coefficient (Wildman–Crippen LogP) is 6.52. The van der Waals surface area contributed by atoms with E-state index >= 15 is 0 Å². The van der Waals surface area contributed by atoms with Gasteiger partial charge < -0.3 is 15.4 Å². The molecule has 0 bridgehead atoms. The minimum Gasteiger partial charge on any atom is -0.488 e. The van der Waals surface area contributed by atoms with Gasteiger partial charge in [-0.1, -0.05) is 66.7 Å². The number of nitrogens with zero attached hydrogens (tertiary/aromatic N) is 4. The average molecular weight is 506 g/mol. The number of para-hydroxylation sites is 3. The number of ether oxygens (including phenoxy) is 1. The SMILES string of the molecule is Fc1ccccc1COc1ccccc1/C=N/Nc1nc(Nc2ccccc2)nc(Nc2ccccc2)n1. The fourth-order valence-electron chi connectivity index (χ4n) is 3.49. The van der Waals surface area contributed by atoms with Gasteiger partial charge in [0.2, 0.25) is 17.8 Å². The van der Waals surface area contributed by atoms with Crippen LogP contribution in [0.2, 0.25) is 0 Å². The van der Waals surface area contributed by atoms with Crippen LogP contribution >= 0.6 is 0 Å². The van der Waals surface area contributed by atoms with Gasteiger partial charge >= 0.3 is 0 Å². The molecule has 8 nitrogen and oxygen atoms in total. The van der Waals surface area contributed by atoms with E-state index in [1.54, 1.807) is 30.5 Å². The molecular formula is C29H24FN7O. The smallest absolute Gasteiger partial charge is 0.250 e. The molecule has 4 aromatic carbocycles. The number of anilines is 5. The molecule has 0 aliphatic heterocycles. The molecule has 0 spiro atoms. The summed E-state index contributed by atoms with van der Waals surface area (Å²) in [6.45, 7) is 0.0987. The fraction of sp³-hybridized carbons (Fsp3) is 0.0345. The van der Waals surface area contributed by atoms with Gasteiger partial charge in [-0.15, -0.1) is 0 Å². The van der Waals surface area contributed by atoms with Crippen molar-refractivity contribution < 1.29 is 9.13 Å². The Labute approximate surface area is 219 Å². The van der Waals surface area contributed by atoms with Crippen molar-refractivity contribution in [2.45, 2.75) is 6.61 Å². The molecule has 1 aromatic heterocycles. The lowest BCUT2D eigenvalue weighted by atomic mass is 10.2. The van der Waals surface area contributed by atoms with Crippen LogP contribution < -0.4 is 20.8 Å². The molecule has 0 saturated heterocycles. The highest BCUT2D eigenvalue weighted by atomic mass is 19.1. The number of benzene rings is 4. The zero-order chi connectivity index (χ0) is 26.0. The summed E-state index contributed by atoms with van der Waals surface area (Å²) >= 11 is 0. The van der Waals surface area contributed by atoms with Crippen LogP contribution in [0, 0.1) is 5.82 Å². The van der Waals surface area contributed by atoms with Crippen LogP contribution in [0.15, 0.2) is 114 Å². The van der Waals surface area contributed by atoms with Crippen molar-refractivity contribution >= 4 is 35.4 Å². The molecule has 9 heteroatoms. The van der Waals surface area contributed by atoms with E-state index in [4.69, 9.17) is 4.74 Å². The van der Waals surface area contributed by atoms with E-state index in [0.29, 0.717) is 28.8 Å². The van der Waals surface area contributed by atoms with Crippen molar-refractivity contribution in [1.82, 2.24) is 15.0 Å². The van der Waals surface area contributed by atoms with Gasteiger partial charge in [0.1, 0.15) is 18.2 Å². The summed E-state index contributed by atoms with van der Waals surface area (Å²) < 4.78 is 19.8. The maximum atomic E-state index is 14.0. The van der Waals surface area contributed by atoms with Crippen LogP contribution in [-0.2, 0) is 6.61 Å². The Balaban J connectivity index is 1.33. The minimum atomic E-state index is -0.310. The molecule has 0 unspecified atom stereocenters. The van der Waals surface area contributed by atoms with Crippen LogP contribution in [0.1, 0.15) is 11.1 Å². The third kappa shape index (κ3) is 6.67. The Morgan fingerprint density at radius 2 is 1.21 bits per heavy atom. The highest BCUT2D eigenvalue weighted by molar-refractivity contribution is 5.83. The number of rotatable bonds is 10. The Kier molecular flexibility index (Phi) is 7.76. The first-order chi connectivity index (χ1) is 18.7. The van der Waals surface area contributed by atoms with Gasteiger partial charge in [0.05, 0.1) is 6.21 Å². The largest absolute Gasteiger partial charge is 0.488 e. The lowest BCUT2D eigenvalue weighted by molar-refractivity contribution is 0.299. The van der Waals surface area contributed by atoms with Crippen LogP contribution in [0.25, 0.3) is 0 Å². The number of nitrogens with one attached hydrogen (secondary N) is 3. The summed E-state index contributed by atoms with van der Waals surface area (Å²) in [6, 6.07) is 33.1. The fourth-order valence-corrected chi connectivity index (χ4v) is 3.49. The lowest BCUT2D eigenvalue weighted by Crippen LogP contribution is -2.07. The van der Waals surface area contributed by atoms with E-state index in [0.717, 1.165) is 11.4 Å². The molecule has 0 saturated carbocycles. The second kappa shape index (κ2) is 12.1. The monoisotopic (exact) mass is 505 g/mol. The second-order valence-electron chi connectivity index (χ2n) is 8.08. The van der Waals surface area contributed by atoms with Gasteiger partial charge in [-0.05, 0) is 42.5 Å². The van der Waals surface area contributed by atoms with Crippen molar-refractivity contribution in [2.24, 2.45) is 5.10 Å². The number of hydrazone groups is 1. The first-order valence-electron chi connectivity index (χ1n) is 11.9.